The number of ether oxygens (including phenoxy) is 4. The van der Waals surface area contributed by atoms with Crippen LogP contribution >= 0.6 is 0 Å². The Kier molecular flexibility index (Phi) is 34.8. The molecule has 72 heavy (non-hydrogen) atoms. The first-order valence-corrected chi connectivity index (χ1v) is 26.0. The van der Waals surface area contributed by atoms with Gasteiger partial charge in [-0.2, -0.15) is 0 Å². The van der Waals surface area contributed by atoms with Crippen molar-refractivity contribution in [2.75, 3.05) is 71.7 Å². The van der Waals surface area contributed by atoms with Gasteiger partial charge in [0.25, 0.3) is 0 Å². The summed E-state index contributed by atoms with van der Waals surface area (Å²) in [6, 6.07) is 6.27. The number of unbranched alkanes of at least 4 members (excludes halogenated alkanes) is 2. The largest absolute Gasteiger partial charge is 0.481 e. The lowest BCUT2D eigenvalue weighted by molar-refractivity contribution is -0.145. The van der Waals surface area contributed by atoms with Crippen LogP contribution in [0.15, 0.2) is 24.3 Å². The van der Waals surface area contributed by atoms with Gasteiger partial charge in [-0.05, 0) is 56.9 Å². The molecule has 0 saturated carbocycles. The number of aryl methyl sites for hydroxylation is 1. The van der Waals surface area contributed by atoms with E-state index in [0.717, 1.165) is 19.3 Å². The van der Waals surface area contributed by atoms with Gasteiger partial charge in [0.05, 0.1) is 44.7 Å². The lowest BCUT2D eigenvalue weighted by Crippen LogP contribution is -2.41. The van der Waals surface area contributed by atoms with Gasteiger partial charge in [-0.15, -0.1) is 0 Å². The molecule has 0 saturated heterocycles. The van der Waals surface area contributed by atoms with E-state index in [1.54, 1.807) is 0 Å². The van der Waals surface area contributed by atoms with Gasteiger partial charge in [-0.1, -0.05) is 44.0 Å². The number of benzene rings is 1. The Morgan fingerprint density at radius 1 is 0.556 bits per heavy atom. The van der Waals surface area contributed by atoms with E-state index in [1.807, 2.05) is 29.0 Å². The van der Waals surface area contributed by atoms with Crippen LogP contribution in [0.3, 0.4) is 0 Å². The second-order valence-corrected chi connectivity index (χ2v) is 18.7. The highest BCUT2D eigenvalue weighted by atomic mass is 32.2. The highest BCUT2D eigenvalue weighted by Crippen LogP contribution is 2.14. The maximum atomic E-state index is 12.5. The number of rotatable bonds is 46. The van der Waals surface area contributed by atoms with Crippen molar-refractivity contribution in [2.45, 2.75) is 129 Å². The number of aliphatic carboxylic acids is 3. The van der Waals surface area contributed by atoms with Gasteiger partial charge in [0.15, 0.2) is 11.6 Å². The quantitative estimate of drug-likeness (QED) is 0.0364. The molecule has 0 bridgehead atoms. The normalized spacial score (nSPS) is 12.0. The first kappa shape index (κ1) is 64.3. The standard InChI is InChI=1S/C48H74N4O19S/c1-2-3-4-9-35-15-17-36(18-16-35)41(55)11-6-23-49-45(59)34-71-30-27-68-25-7-10-38(53)20-21-40(48(64)65)51-43(57)22-19-37(47(62)63)32-39(54)33-70-29-28-69-26-24-50-42(56)13-8-31-72(66,67)52-44(58)12-5-14-46(60)61/h15-18,37,40H,2-14,19-34H2,1H3,(H,49,59)(H,50,56)(H,51,57)(H,52,58)(H,60,61)(H,62,63)(H,64,65)/t37-,40?/m1/s1. The van der Waals surface area contributed by atoms with Crippen molar-refractivity contribution in [3.63, 3.8) is 0 Å². The summed E-state index contributed by atoms with van der Waals surface area (Å²) in [5.41, 5.74) is 1.87. The Morgan fingerprint density at radius 3 is 1.88 bits per heavy atom. The predicted octanol–water partition coefficient (Wildman–Crippen LogP) is 2.30. The van der Waals surface area contributed by atoms with Crippen molar-refractivity contribution < 1.29 is 90.6 Å². The molecule has 7 N–H and O–H groups in total. The molecule has 406 valence electrons. The van der Waals surface area contributed by atoms with E-state index in [1.165, 1.54) is 12.0 Å². The second kappa shape index (κ2) is 38.9. The summed E-state index contributed by atoms with van der Waals surface area (Å²) < 4.78 is 47.0. The molecular weight excluding hydrogens is 969 g/mol. The third kappa shape index (κ3) is 34.6. The Balaban J connectivity index is 2.15. The van der Waals surface area contributed by atoms with Gasteiger partial charge in [0.2, 0.25) is 33.7 Å². The van der Waals surface area contributed by atoms with Crippen LogP contribution in [0.4, 0.5) is 0 Å². The molecule has 23 nitrogen and oxygen atoms in total. The van der Waals surface area contributed by atoms with Gasteiger partial charge in [0, 0.05) is 76.6 Å². The summed E-state index contributed by atoms with van der Waals surface area (Å²) in [7, 11) is -3.99. The Morgan fingerprint density at radius 2 is 1.21 bits per heavy atom. The Hall–Kier alpha value is -5.69. The van der Waals surface area contributed by atoms with E-state index < -0.39 is 88.6 Å². The van der Waals surface area contributed by atoms with E-state index in [4.69, 9.17) is 24.1 Å². The van der Waals surface area contributed by atoms with Crippen molar-refractivity contribution in [2.24, 2.45) is 5.92 Å². The number of nitrogens with one attached hydrogen (secondary N) is 4. The minimum absolute atomic E-state index is 0.0183. The fourth-order valence-electron chi connectivity index (χ4n) is 6.63. The van der Waals surface area contributed by atoms with Crippen LogP contribution in [-0.2, 0) is 78.5 Å². The lowest BCUT2D eigenvalue weighted by Gasteiger charge is -2.16. The van der Waals surface area contributed by atoms with E-state index in [-0.39, 0.29) is 128 Å². The maximum Gasteiger partial charge on any atom is 0.326 e. The summed E-state index contributed by atoms with van der Waals surface area (Å²) >= 11 is 0. The van der Waals surface area contributed by atoms with Crippen LogP contribution < -0.4 is 20.7 Å². The number of carbonyl (C=O) groups excluding carboxylic acids is 7. The summed E-state index contributed by atoms with van der Waals surface area (Å²) in [6.07, 6.45) is 3.42. The molecule has 4 amide bonds. The molecule has 0 spiro atoms. The minimum Gasteiger partial charge on any atom is -0.481 e. The average Bonchev–Trinajstić information content (AvgIpc) is 3.31. The molecule has 0 fully saturated rings. The number of carboxylic acids is 3. The van der Waals surface area contributed by atoms with Crippen molar-refractivity contribution in [1.29, 1.82) is 0 Å². The van der Waals surface area contributed by atoms with Gasteiger partial charge in [-0.3, -0.25) is 47.9 Å². The van der Waals surface area contributed by atoms with Crippen LogP contribution in [0.1, 0.15) is 132 Å². The molecule has 2 atom stereocenters. The topological polar surface area (TPSA) is 351 Å². The lowest BCUT2D eigenvalue weighted by atomic mass is 9.97. The molecule has 0 aromatic heterocycles. The monoisotopic (exact) mass is 1040 g/mol. The molecule has 1 aromatic rings. The molecule has 0 radical (unpaired) electrons. The highest BCUT2D eigenvalue weighted by Gasteiger charge is 2.25. The minimum atomic E-state index is -3.99. The highest BCUT2D eigenvalue weighted by molar-refractivity contribution is 7.90. The Labute approximate surface area is 420 Å². The van der Waals surface area contributed by atoms with Gasteiger partial charge >= 0.3 is 17.9 Å². The average molecular weight is 1040 g/mol. The number of Topliss-reactive ketones (excluding diaryl/α,β-unsaturated/α-hetero) is 3. The van der Waals surface area contributed by atoms with Crippen LogP contribution in [0.25, 0.3) is 0 Å². The molecule has 1 rings (SSSR count). The predicted molar refractivity (Wildman–Crippen MR) is 258 cm³/mol. The number of amides is 4. The van der Waals surface area contributed by atoms with E-state index in [2.05, 4.69) is 22.9 Å². The van der Waals surface area contributed by atoms with Crippen LogP contribution in [-0.4, -0.2) is 160 Å². The number of carbonyl (C=O) groups is 10. The molecule has 24 heteroatoms. The molecular formula is C48H74N4O19S. The number of ketones is 3. The van der Waals surface area contributed by atoms with Gasteiger partial charge < -0.3 is 50.2 Å². The van der Waals surface area contributed by atoms with Crippen molar-refractivity contribution in [1.82, 2.24) is 20.7 Å². The van der Waals surface area contributed by atoms with E-state index in [9.17, 15) is 66.6 Å². The maximum absolute atomic E-state index is 12.5. The molecule has 0 aliphatic rings. The van der Waals surface area contributed by atoms with Gasteiger partial charge in [0.1, 0.15) is 25.0 Å². The van der Waals surface area contributed by atoms with Crippen LogP contribution in [0, 0.1) is 5.92 Å². The summed E-state index contributed by atoms with van der Waals surface area (Å²) in [5.74, 6) is -8.78. The third-order valence-electron chi connectivity index (χ3n) is 10.6. The van der Waals surface area contributed by atoms with Crippen LogP contribution in [0.5, 0.6) is 0 Å². The number of hydrogen-bond donors (Lipinski definition) is 7. The van der Waals surface area contributed by atoms with E-state index in [0.29, 0.717) is 31.4 Å². The number of sulfonamides is 1. The zero-order valence-electron chi connectivity index (χ0n) is 41.3. The Bertz CT molecular complexity index is 1980. The summed E-state index contributed by atoms with van der Waals surface area (Å²) in [6.45, 7) is 2.49. The van der Waals surface area contributed by atoms with Crippen molar-refractivity contribution in [3.8, 4) is 0 Å². The first-order valence-electron chi connectivity index (χ1n) is 24.3. The van der Waals surface area contributed by atoms with E-state index >= 15 is 0 Å². The number of hydrogen-bond acceptors (Lipinski definition) is 16. The van der Waals surface area contributed by atoms with Crippen LogP contribution in [0.2, 0.25) is 0 Å². The molecule has 0 aliphatic carbocycles. The summed E-state index contributed by atoms with van der Waals surface area (Å²) in [4.78, 5) is 120. The first-order chi connectivity index (χ1) is 34.3. The fourth-order valence-corrected chi connectivity index (χ4v) is 7.70. The zero-order chi connectivity index (χ0) is 53.6. The molecule has 1 aromatic carbocycles. The fraction of sp³-hybridized carbons (Fsp3) is 0.667. The summed E-state index contributed by atoms with van der Waals surface area (Å²) in [5, 5.41) is 35.3. The van der Waals surface area contributed by atoms with Crippen molar-refractivity contribution in [3.05, 3.63) is 35.4 Å². The SMILES string of the molecule is CCCCCc1ccc(C(=O)CCCNC(=O)COCCOCCCC(=O)CCC(NC(=O)CC[C@H](CC(=O)COCCOCCNC(=O)CCCS(=O)(=O)NC(=O)CCCC(=O)O)C(=O)O)C(=O)O)cc1. The second-order valence-electron chi connectivity index (χ2n) is 16.9. The van der Waals surface area contributed by atoms with Gasteiger partial charge in [-0.25, -0.2) is 13.2 Å². The zero-order valence-corrected chi connectivity index (χ0v) is 42.1. The third-order valence-corrected chi connectivity index (χ3v) is 11.9. The van der Waals surface area contributed by atoms with Crippen molar-refractivity contribution >= 4 is 68.9 Å². The smallest absolute Gasteiger partial charge is 0.326 e. The number of carboxylic acid groups (broad SMARTS) is 3. The molecule has 0 aliphatic heterocycles. The molecule has 1 unspecified atom stereocenters. The molecule has 0 heterocycles.